The van der Waals surface area contributed by atoms with Crippen LogP contribution >= 0.6 is 24.0 Å². The molecule has 4 heteroatoms. The van der Waals surface area contributed by atoms with Crippen LogP contribution in [-0.2, 0) is 0 Å². The molecule has 0 aliphatic carbocycles. The van der Waals surface area contributed by atoms with Crippen LogP contribution in [-0.4, -0.2) is 38.8 Å². The molecule has 0 amide bonds. The molecule has 0 bridgehead atoms. The molecule has 2 nitrogen and oxygen atoms in total. The van der Waals surface area contributed by atoms with Gasteiger partial charge < -0.3 is 10.0 Å². The fraction of sp³-hybridized carbons (Fsp3) is 0.900. The largest absolute Gasteiger partial charge is 0.390 e. The summed E-state index contributed by atoms with van der Waals surface area (Å²) in [5.41, 5.74) is -0.578. The van der Waals surface area contributed by atoms with Crippen molar-refractivity contribution in [1.82, 2.24) is 4.90 Å². The average Bonchev–Trinajstić information content (AvgIpc) is 2.04. The second kappa shape index (κ2) is 6.64. The van der Waals surface area contributed by atoms with Crippen molar-refractivity contribution in [2.75, 3.05) is 18.8 Å². The number of rotatable bonds is 5. The van der Waals surface area contributed by atoms with Crippen molar-refractivity contribution >= 4 is 28.3 Å². The fourth-order valence-electron chi connectivity index (χ4n) is 0.961. The number of nitrogens with zero attached hydrogens (tertiary/aromatic N) is 1. The number of thioether (sulfide) groups is 1. The number of aliphatic hydroxyl groups is 1. The quantitative estimate of drug-likeness (QED) is 0.740. The Hall–Kier alpha value is 0.200. The van der Waals surface area contributed by atoms with E-state index in [4.69, 9.17) is 12.2 Å². The maximum atomic E-state index is 9.51. The normalized spacial score (nSPS) is 11.5. The van der Waals surface area contributed by atoms with Gasteiger partial charge in [-0.25, -0.2) is 0 Å². The predicted molar refractivity (Wildman–Crippen MR) is 68.9 cm³/mol. The van der Waals surface area contributed by atoms with Gasteiger partial charge in [-0.3, -0.25) is 0 Å². The zero-order valence-corrected chi connectivity index (χ0v) is 11.2. The molecule has 0 heterocycles. The Balaban J connectivity index is 3.74. The maximum Gasteiger partial charge on any atom is 0.136 e. The third-order valence-corrected chi connectivity index (χ3v) is 3.49. The van der Waals surface area contributed by atoms with Crippen molar-refractivity contribution in [3.05, 3.63) is 0 Å². The van der Waals surface area contributed by atoms with Crippen molar-refractivity contribution in [1.29, 1.82) is 0 Å². The van der Waals surface area contributed by atoms with E-state index in [1.54, 1.807) is 11.8 Å². The van der Waals surface area contributed by atoms with Crippen LogP contribution in [0, 0.1) is 0 Å². The van der Waals surface area contributed by atoms with Crippen LogP contribution in [0.5, 0.6) is 0 Å². The number of hydrogen-bond acceptors (Lipinski definition) is 3. The molecule has 84 valence electrons. The van der Waals surface area contributed by atoms with Gasteiger partial charge in [-0.15, -0.1) is 0 Å². The minimum Gasteiger partial charge on any atom is -0.390 e. The van der Waals surface area contributed by atoms with Gasteiger partial charge in [0.25, 0.3) is 0 Å². The molecule has 1 N–H and O–H groups in total. The molecule has 0 aliphatic rings. The highest BCUT2D eigenvalue weighted by Gasteiger charge is 2.13. The summed E-state index contributed by atoms with van der Waals surface area (Å²) in [5.74, 6) is 0.888. The lowest BCUT2D eigenvalue weighted by atomic mass is 10.1. The third-order valence-electron chi connectivity index (χ3n) is 1.96. The Morgan fingerprint density at radius 2 is 1.86 bits per heavy atom. The molecule has 0 aromatic carbocycles. The van der Waals surface area contributed by atoms with Crippen LogP contribution in [0.15, 0.2) is 0 Å². The van der Waals surface area contributed by atoms with Crippen molar-refractivity contribution in [2.45, 2.75) is 39.7 Å². The first kappa shape index (κ1) is 14.2. The molecule has 0 spiro atoms. The Kier molecular flexibility index (Phi) is 6.74. The van der Waals surface area contributed by atoms with Gasteiger partial charge in [0.1, 0.15) is 4.32 Å². The van der Waals surface area contributed by atoms with E-state index >= 15 is 0 Å². The van der Waals surface area contributed by atoms with Crippen molar-refractivity contribution < 1.29 is 5.11 Å². The van der Waals surface area contributed by atoms with Crippen LogP contribution in [0.4, 0.5) is 0 Å². The molecule has 0 rings (SSSR count). The Labute approximate surface area is 97.1 Å². The standard InChI is InChI=1S/C10H21NOS2/c1-5-11(6-2)9(13)14-8-7-10(3,4)12/h12H,5-8H2,1-4H3. The summed E-state index contributed by atoms with van der Waals surface area (Å²) < 4.78 is 0.944. The van der Waals surface area contributed by atoms with Gasteiger partial charge in [0.05, 0.1) is 5.60 Å². The Morgan fingerprint density at radius 1 is 1.36 bits per heavy atom. The molecule has 0 fully saturated rings. The lowest BCUT2D eigenvalue weighted by Gasteiger charge is -2.22. The van der Waals surface area contributed by atoms with E-state index < -0.39 is 5.60 Å². The lowest BCUT2D eigenvalue weighted by Crippen LogP contribution is -2.27. The van der Waals surface area contributed by atoms with Crippen molar-refractivity contribution in [3.63, 3.8) is 0 Å². The molecule has 0 atom stereocenters. The van der Waals surface area contributed by atoms with Crippen molar-refractivity contribution in [3.8, 4) is 0 Å². The summed E-state index contributed by atoms with van der Waals surface area (Å²) in [5, 5.41) is 9.51. The summed E-state index contributed by atoms with van der Waals surface area (Å²) in [6.07, 6.45) is 0.777. The summed E-state index contributed by atoms with van der Waals surface area (Å²) in [6.45, 7) is 9.79. The summed E-state index contributed by atoms with van der Waals surface area (Å²) in [6, 6.07) is 0. The maximum absolute atomic E-state index is 9.51. The molecular weight excluding hydrogens is 214 g/mol. The Bertz CT molecular complexity index is 173. The van der Waals surface area contributed by atoms with Gasteiger partial charge in [-0.1, -0.05) is 24.0 Å². The highest BCUT2D eigenvalue weighted by molar-refractivity contribution is 8.22. The van der Waals surface area contributed by atoms with Gasteiger partial charge in [0, 0.05) is 18.8 Å². The van der Waals surface area contributed by atoms with Crippen LogP contribution in [0.25, 0.3) is 0 Å². The fourth-order valence-corrected chi connectivity index (χ4v) is 2.69. The van der Waals surface area contributed by atoms with E-state index in [0.717, 1.165) is 29.6 Å². The van der Waals surface area contributed by atoms with Gasteiger partial charge >= 0.3 is 0 Å². The first-order valence-electron chi connectivity index (χ1n) is 5.04. The molecule has 0 saturated heterocycles. The minimum absolute atomic E-state index is 0.578. The van der Waals surface area contributed by atoms with Crippen LogP contribution < -0.4 is 0 Å². The van der Waals surface area contributed by atoms with Crippen LogP contribution in [0.2, 0.25) is 0 Å². The van der Waals surface area contributed by atoms with Crippen molar-refractivity contribution in [2.24, 2.45) is 0 Å². The monoisotopic (exact) mass is 235 g/mol. The second-order valence-electron chi connectivity index (χ2n) is 3.85. The summed E-state index contributed by atoms with van der Waals surface area (Å²) in [7, 11) is 0. The topological polar surface area (TPSA) is 23.5 Å². The first-order chi connectivity index (χ1) is 6.40. The first-order valence-corrected chi connectivity index (χ1v) is 6.44. The van der Waals surface area contributed by atoms with Gasteiger partial charge in [-0.2, -0.15) is 0 Å². The van der Waals surface area contributed by atoms with E-state index in [1.165, 1.54) is 0 Å². The minimum atomic E-state index is -0.578. The molecular formula is C10H21NOS2. The smallest absolute Gasteiger partial charge is 0.136 e. The number of hydrogen-bond donors (Lipinski definition) is 1. The zero-order chi connectivity index (χ0) is 11.2. The van der Waals surface area contributed by atoms with E-state index in [1.807, 2.05) is 13.8 Å². The summed E-state index contributed by atoms with van der Waals surface area (Å²) in [4.78, 5) is 2.16. The van der Waals surface area contributed by atoms with E-state index in [2.05, 4.69) is 18.7 Å². The van der Waals surface area contributed by atoms with E-state index in [9.17, 15) is 5.11 Å². The molecule has 14 heavy (non-hydrogen) atoms. The van der Waals surface area contributed by atoms with Gasteiger partial charge in [0.2, 0.25) is 0 Å². The molecule has 0 aromatic heterocycles. The highest BCUT2D eigenvalue weighted by atomic mass is 32.2. The highest BCUT2D eigenvalue weighted by Crippen LogP contribution is 2.16. The lowest BCUT2D eigenvalue weighted by molar-refractivity contribution is 0.0778. The van der Waals surface area contributed by atoms with Crippen LogP contribution in [0.3, 0.4) is 0 Å². The second-order valence-corrected chi connectivity index (χ2v) is 5.58. The SMILES string of the molecule is CCN(CC)C(=S)SCCC(C)(C)O. The van der Waals surface area contributed by atoms with E-state index in [0.29, 0.717) is 0 Å². The average molecular weight is 235 g/mol. The van der Waals surface area contributed by atoms with Crippen LogP contribution in [0.1, 0.15) is 34.1 Å². The molecule has 0 saturated carbocycles. The van der Waals surface area contributed by atoms with Gasteiger partial charge in [0.15, 0.2) is 0 Å². The van der Waals surface area contributed by atoms with E-state index in [-0.39, 0.29) is 0 Å². The third kappa shape index (κ3) is 6.62. The predicted octanol–water partition coefficient (Wildman–Crippen LogP) is 2.51. The Morgan fingerprint density at radius 3 is 2.21 bits per heavy atom. The van der Waals surface area contributed by atoms with Gasteiger partial charge in [-0.05, 0) is 34.1 Å². The molecule has 0 aromatic rings. The summed E-state index contributed by atoms with van der Waals surface area (Å²) >= 11 is 6.93. The molecule has 0 radical (unpaired) electrons. The molecule has 0 aliphatic heterocycles. The molecule has 0 unspecified atom stereocenters. The zero-order valence-electron chi connectivity index (χ0n) is 9.54. The number of thiocarbonyl (C=S) groups is 1.